The normalized spacial score (nSPS) is 20.2. The molecule has 2 aliphatic rings. The summed E-state index contributed by atoms with van der Waals surface area (Å²) in [5.41, 5.74) is 0.514. The van der Waals surface area contributed by atoms with Crippen molar-refractivity contribution in [1.82, 2.24) is 25.5 Å². The van der Waals surface area contributed by atoms with Gasteiger partial charge in [0.25, 0.3) is 0 Å². The maximum Gasteiger partial charge on any atom is 0.225 e. The van der Waals surface area contributed by atoms with E-state index in [1.807, 2.05) is 25.5 Å². The molecule has 0 amide bonds. The van der Waals surface area contributed by atoms with Crippen molar-refractivity contribution in [3.63, 3.8) is 0 Å². The highest BCUT2D eigenvalue weighted by Gasteiger charge is 2.34. The number of aromatic nitrogens is 2. The molecule has 0 atom stereocenters. The molecule has 1 aliphatic heterocycles. The highest BCUT2D eigenvalue weighted by Crippen LogP contribution is 2.42. The largest absolute Gasteiger partial charge is 0.356 e. The first-order chi connectivity index (χ1) is 13.2. The van der Waals surface area contributed by atoms with Crippen LogP contribution in [0.2, 0.25) is 0 Å². The molecule has 1 aromatic rings. The van der Waals surface area contributed by atoms with E-state index < -0.39 is 0 Å². The van der Waals surface area contributed by atoms with Gasteiger partial charge in [-0.05, 0) is 43.7 Å². The maximum atomic E-state index is 4.37. The van der Waals surface area contributed by atoms with Gasteiger partial charge in [0.05, 0.1) is 0 Å². The van der Waals surface area contributed by atoms with Gasteiger partial charge in [-0.2, -0.15) is 0 Å². The topological polar surface area (TPSA) is 68.7 Å². The summed E-state index contributed by atoms with van der Waals surface area (Å²) in [6, 6.07) is 1.86. The molecule has 1 saturated heterocycles. The molecule has 1 aromatic heterocycles. The van der Waals surface area contributed by atoms with Crippen LogP contribution in [0, 0.1) is 5.41 Å². The van der Waals surface area contributed by atoms with Crippen molar-refractivity contribution in [1.29, 1.82) is 0 Å². The smallest absolute Gasteiger partial charge is 0.225 e. The summed E-state index contributed by atoms with van der Waals surface area (Å²) < 4.78 is 0. The zero-order valence-electron chi connectivity index (χ0n) is 17.0. The molecule has 0 aromatic carbocycles. The first kappa shape index (κ1) is 19.9. The molecule has 2 N–H and O–H groups in total. The van der Waals surface area contributed by atoms with E-state index in [0.29, 0.717) is 5.41 Å². The van der Waals surface area contributed by atoms with Crippen LogP contribution in [0.15, 0.2) is 23.5 Å². The molecule has 2 fully saturated rings. The first-order valence-corrected chi connectivity index (χ1v) is 10.4. The van der Waals surface area contributed by atoms with Gasteiger partial charge in [0.2, 0.25) is 5.95 Å². The quantitative estimate of drug-likeness (QED) is 0.411. The zero-order valence-corrected chi connectivity index (χ0v) is 17.0. The zero-order chi connectivity index (χ0) is 19.0. The van der Waals surface area contributed by atoms with Gasteiger partial charge in [0, 0.05) is 58.7 Å². The number of nitrogens with zero attached hydrogens (tertiary/aromatic N) is 5. The molecule has 27 heavy (non-hydrogen) atoms. The predicted molar refractivity (Wildman–Crippen MR) is 111 cm³/mol. The minimum absolute atomic E-state index is 0.514. The van der Waals surface area contributed by atoms with Gasteiger partial charge >= 0.3 is 0 Å². The standard InChI is InChI=1S/C20H35N7/c1-3-20(7-4-8-20)17-25-18(21-2)22-11-6-12-26-13-15-27(16-14-26)19-23-9-5-10-24-19/h5,9-10H,3-4,6-8,11-17H2,1-2H3,(H2,21,22,25). The average molecular weight is 374 g/mol. The van der Waals surface area contributed by atoms with Crippen molar-refractivity contribution in [3.8, 4) is 0 Å². The summed E-state index contributed by atoms with van der Waals surface area (Å²) in [6.07, 6.45) is 10.1. The van der Waals surface area contributed by atoms with Crippen LogP contribution < -0.4 is 15.5 Å². The summed E-state index contributed by atoms with van der Waals surface area (Å²) in [5.74, 6) is 1.80. The Hall–Kier alpha value is -1.89. The van der Waals surface area contributed by atoms with E-state index in [-0.39, 0.29) is 0 Å². The van der Waals surface area contributed by atoms with Crippen LogP contribution in [0.3, 0.4) is 0 Å². The molecule has 150 valence electrons. The minimum atomic E-state index is 0.514. The average Bonchev–Trinajstić information content (AvgIpc) is 2.70. The van der Waals surface area contributed by atoms with Crippen molar-refractivity contribution in [3.05, 3.63) is 18.5 Å². The van der Waals surface area contributed by atoms with Crippen molar-refractivity contribution in [2.75, 3.05) is 57.8 Å². The van der Waals surface area contributed by atoms with E-state index in [2.05, 4.69) is 42.3 Å². The fourth-order valence-electron chi connectivity index (χ4n) is 3.96. The number of nitrogens with one attached hydrogen (secondary N) is 2. The van der Waals surface area contributed by atoms with Gasteiger partial charge in [0.1, 0.15) is 0 Å². The van der Waals surface area contributed by atoms with Gasteiger partial charge in [-0.25, -0.2) is 9.97 Å². The Bertz CT molecular complexity index is 572. The third-order valence-electron chi connectivity index (χ3n) is 6.17. The molecular weight excluding hydrogens is 338 g/mol. The van der Waals surface area contributed by atoms with Crippen molar-refractivity contribution in [2.45, 2.75) is 39.0 Å². The summed E-state index contributed by atoms with van der Waals surface area (Å²) in [7, 11) is 1.86. The van der Waals surface area contributed by atoms with Crippen molar-refractivity contribution in [2.24, 2.45) is 10.4 Å². The van der Waals surface area contributed by atoms with E-state index in [0.717, 1.165) is 64.1 Å². The van der Waals surface area contributed by atoms with Crippen LogP contribution in [0.25, 0.3) is 0 Å². The van der Waals surface area contributed by atoms with Crippen LogP contribution in [0.1, 0.15) is 39.0 Å². The lowest BCUT2D eigenvalue weighted by Gasteiger charge is -2.41. The second-order valence-electron chi connectivity index (χ2n) is 7.79. The molecule has 7 heteroatoms. The molecule has 2 heterocycles. The lowest BCUT2D eigenvalue weighted by atomic mass is 9.67. The summed E-state index contributed by atoms with van der Waals surface area (Å²) in [6.45, 7) is 9.58. The molecule has 0 bridgehead atoms. The Labute approximate surface area is 163 Å². The van der Waals surface area contributed by atoms with Gasteiger partial charge < -0.3 is 15.5 Å². The highest BCUT2D eigenvalue weighted by atomic mass is 15.3. The molecule has 0 spiro atoms. The fourth-order valence-corrected chi connectivity index (χ4v) is 3.96. The summed E-state index contributed by atoms with van der Waals surface area (Å²) >= 11 is 0. The number of hydrogen-bond donors (Lipinski definition) is 2. The third kappa shape index (κ3) is 5.54. The minimum Gasteiger partial charge on any atom is -0.356 e. The molecule has 7 nitrogen and oxygen atoms in total. The molecule has 1 aliphatic carbocycles. The summed E-state index contributed by atoms with van der Waals surface area (Å²) in [5, 5.41) is 7.00. The first-order valence-electron chi connectivity index (χ1n) is 10.4. The number of piperazine rings is 1. The number of guanidine groups is 1. The third-order valence-corrected chi connectivity index (χ3v) is 6.17. The summed E-state index contributed by atoms with van der Waals surface area (Å²) in [4.78, 5) is 17.9. The van der Waals surface area contributed by atoms with Crippen LogP contribution in [-0.4, -0.2) is 73.7 Å². The number of aliphatic imine (C=N–C) groups is 1. The van der Waals surface area contributed by atoms with Crippen molar-refractivity contribution >= 4 is 11.9 Å². The number of rotatable bonds is 8. The van der Waals surface area contributed by atoms with E-state index in [9.17, 15) is 0 Å². The Morgan fingerprint density at radius 1 is 1.15 bits per heavy atom. The maximum absolute atomic E-state index is 4.37. The molecular formula is C20H35N7. The Morgan fingerprint density at radius 2 is 1.89 bits per heavy atom. The number of hydrogen-bond acceptors (Lipinski definition) is 5. The monoisotopic (exact) mass is 373 g/mol. The van der Waals surface area contributed by atoms with Gasteiger partial charge in [-0.1, -0.05) is 13.3 Å². The van der Waals surface area contributed by atoms with Crippen LogP contribution in [0.4, 0.5) is 5.95 Å². The predicted octanol–water partition coefficient (Wildman–Crippen LogP) is 1.73. The van der Waals surface area contributed by atoms with Crippen LogP contribution in [-0.2, 0) is 0 Å². The van der Waals surface area contributed by atoms with Gasteiger partial charge in [-0.3, -0.25) is 9.89 Å². The Balaban J connectivity index is 1.29. The van der Waals surface area contributed by atoms with Gasteiger partial charge in [-0.15, -0.1) is 0 Å². The van der Waals surface area contributed by atoms with E-state index >= 15 is 0 Å². The Kier molecular flexibility index (Phi) is 7.26. The van der Waals surface area contributed by atoms with E-state index in [1.165, 1.54) is 25.7 Å². The van der Waals surface area contributed by atoms with Crippen molar-refractivity contribution < 1.29 is 0 Å². The SMILES string of the molecule is CCC1(CNC(=NC)NCCCN2CCN(c3ncccn3)CC2)CCC1. The lowest BCUT2D eigenvalue weighted by Crippen LogP contribution is -2.48. The number of anilines is 1. The molecule has 3 rings (SSSR count). The fraction of sp³-hybridized carbons (Fsp3) is 0.750. The molecule has 0 unspecified atom stereocenters. The molecule has 1 saturated carbocycles. The van der Waals surface area contributed by atoms with E-state index in [4.69, 9.17) is 0 Å². The van der Waals surface area contributed by atoms with E-state index in [1.54, 1.807) is 0 Å². The lowest BCUT2D eigenvalue weighted by molar-refractivity contribution is 0.131. The highest BCUT2D eigenvalue weighted by molar-refractivity contribution is 5.79. The van der Waals surface area contributed by atoms with Crippen LogP contribution >= 0.6 is 0 Å². The van der Waals surface area contributed by atoms with Gasteiger partial charge in [0.15, 0.2) is 5.96 Å². The van der Waals surface area contributed by atoms with Crippen LogP contribution in [0.5, 0.6) is 0 Å². The second kappa shape index (κ2) is 9.88. The molecule has 0 radical (unpaired) electrons. The second-order valence-corrected chi connectivity index (χ2v) is 7.79. The Morgan fingerprint density at radius 3 is 2.48 bits per heavy atom.